The topological polar surface area (TPSA) is 105 Å². The highest BCUT2D eigenvalue weighted by Gasteiger charge is 2.56. The zero-order valence-electron chi connectivity index (χ0n) is 18.2. The molecule has 0 unspecified atom stereocenters. The number of amides is 4. The second-order valence-corrected chi connectivity index (χ2v) is 9.39. The maximum atomic E-state index is 12.8. The van der Waals surface area contributed by atoms with E-state index in [4.69, 9.17) is 4.74 Å². The van der Waals surface area contributed by atoms with Gasteiger partial charge in [-0.05, 0) is 45.1 Å². The van der Waals surface area contributed by atoms with E-state index in [-0.39, 0.29) is 18.1 Å². The fourth-order valence-corrected chi connectivity index (χ4v) is 5.17. The molecule has 0 bridgehead atoms. The number of benzene rings is 1. The second kappa shape index (κ2) is 8.38. The zero-order chi connectivity index (χ0) is 23.0. The average Bonchev–Trinajstić information content (AvgIpc) is 3.53. The van der Waals surface area contributed by atoms with Crippen LogP contribution in [0.25, 0.3) is 11.1 Å². The standard InChI is InChI=1S/C23H25N3O5S/c1-4-31-20(28)18-17(14-8-6-5-7-9-14)13(2)32-19(18)24-16(27)12-26-21(29)23(3,15-10-11-15)25-22(26)30/h5-9,15H,4,10-12H2,1-3H3,(H,24,27)(H,25,30)/t23-/m0/s1. The highest BCUT2D eigenvalue weighted by molar-refractivity contribution is 7.17. The minimum atomic E-state index is -0.951. The summed E-state index contributed by atoms with van der Waals surface area (Å²) in [6.45, 7) is 5.05. The molecule has 2 aliphatic rings. The monoisotopic (exact) mass is 455 g/mol. The highest BCUT2D eigenvalue weighted by atomic mass is 32.1. The van der Waals surface area contributed by atoms with Crippen molar-refractivity contribution in [1.29, 1.82) is 0 Å². The molecule has 2 aromatic rings. The molecule has 1 aliphatic carbocycles. The zero-order valence-corrected chi connectivity index (χ0v) is 19.0. The quantitative estimate of drug-likeness (QED) is 0.491. The molecule has 1 atom stereocenters. The molecule has 0 radical (unpaired) electrons. The Balaban J connectivity index is 1.59. The van der Waals surface area contributed by atoms with Crippen molar-refractivity contribution in [2.45, 2.75) is 39.2 Å². The van der Waals surface area contributed by atoms with Crippen molar-refractivity contribution in [3.05, 3.63) is 40.8 Å². The number of carbonyl (C=O) groups excluding carboxylic acids is 4. The molecular formula is C23H25N3O5S. The number of nitrogens with zero attached hydrogens (tertiary/aromatic N) is 1. The maximum Gasteiger partial charge on any atom is 0.341 e. The van der Waals surface area contributed by atoms with Crippen molar-refractivity contribution >= 4 is 40.2 Å². The number of esters is 1. The van der Waals surface area contributed by atoms with E-state index in [0.717, 1.165) is 28.2 Å². The molecule has 1 aromatic heterocycles. The first-order chi connectivity index (χ1) is 15.3. The Morgan fingerprint density at radius 1 is 1.25 bits per heavy atom. The van der Waals surface area contributed by atoms with Crippen LogP contribution in [0.2, 0.25) is 0 Å². The lowest BCUT2D eigenvalue weighted by molar-refractivity contribution is -0.134. The minimum absolute atomic E-state index is 0.107. The third-order valence-electron chi connectivity index (χ3n) is 5.88. The van der Waals surface area contributed by atoms with Crippen LogP contribution in [0.4, 0.5) is 9.80 Å². The number of aryl methyl sites for hydroxylation is 1. The molecule has 32 heavy (non-hydrogen) atoms. The van der Waals surface area contributed by atoms with Gasteiger partial charge in [-0.1, -0.05) is 30.3 Å². The van der Waals surface area contributed by atoms with Gasteiger partial charge in [-0.2, -0.15) is 0 Å². The van der Waals surface area contributed by atoms with Crippen LogP contribution >= 0.6 is 11.3 Å². The van der Waals surface area contributed by atoms with Crippen LogP contribution in [0.5, 0.6) is 0 Å². The molecule has 2 heterocycles. The number of ether oxygens (including phenoxy) is 1. The van der Waals surface area contributed by atoms with Crippen molar-refractivity contribution in [3.8, 4) is 11.1 Å². The summed E-state index contributed by atoms with van der Waals surface area (Å²) in [7, 11) is 0. The summed E-state index contributed by atoms with van der Waals surface area (Å²) in [5.74, 6) is -1.38. The van der Waals surface area contributed by atoms with Crippen molar-refractivity contribution in [2.24, 2.45) is 5.92 Å². The molecule has 0 spiro atoms. The Morgan fingerprint density at radius 3 is 2.56 bits per heavy atom. The Labute approximate surface area is 189 Å². The van der Waals surface area contributed by atoms with Gasteiger partial charge in [-0.25, -0.2) is 9.59 Å². The van der Waals surface area contributed by atoms with E-state index in [0.29, 0.717) is 10.6 Å². The van der Waals surface area contributed by atoms with Gasteiger partial charge in [0.25, 0.3) is 5.91 Å². The number of imide groups is 1. The Morgan fingerprint density at radius 2 is 1.94 bits per heavy atom. The van der Waals surface area contributed by atoms with Crippen molar-refractivity contribution in [1.82, 2.24) is 10.2 Å². The van der Waals surface area contributed by atoms with E-state index >= 15 is 0 Å². The van der Waals surface area contributed by atoms with E-state index in [1.165, 1.54) is 11.3 Å². The maximum absolute atomic E-state index is 12.8. The lowest BCUT2D eigenvalue weighted by Gasteiger charge is -2.20. The van der Waals surface area contributed by atoms with Gasteiger partial charge in [0.05, 0.1) is 6.61 Å². The predicted molar refractivity (Wildman–Crippen MR) is 120 cm³/mol. The van der Waals surface area contributed by atoms with Crippen LogP contribution in [-0.4, -0.2) is 47.4 Å². The molecule has 1 saturated carbocycles. The van der Waals surface area contributed by atoms with Gasteiger partial charge in [0.1, 0.15) is 22.6 Å². The molecule has 9 heteroatoms. The number of hydrogen-bond donors (Lipinski definition) is 2. The number of thiophene rings is 1. The summed E-state index contributed by atoms with van der Waals surface area (Å²) in [6.07, 6.45) is 1.75. The van der Waals surface area contributed by atoms with Crippen LogP contribution < -0.4 is 10.6 Å². The Kier molecular flexibility index (Phi) is 5.77. The summed E-state index contributed by atoms with van der Waals surface area (Å²) in [4.78, 5) is 52.5. The van der Waals surface area contributed by atoms with Gasteiger partial charge in [0.15, 0.2) is 0 Å². The minimum Gasteiger partial charge on any atom is -0.462 e. The third-order valence-corrected chi connectivity index (χ3v) is 6.90. The molecule has 1 saturated heterocycles. The molecule has 4 amide bonds. The molecule has 1 aliphatic heterocycles. The van der Waals surface area contributed by atoms with Crippen molar-refractivity contribution < 1.29 is 23.9 Å². The van der Waals surface area contributed by atoms with Gasteiger partial charge < -0.3 is 15.4 Å². The van der Waals surface area contributed by atoms with Gasteiger partial charge in [-0.3, -0.25) is 14.5 Å². The third kappa shape index (κ3) is 3.88. The number of urea groups is 1. The number of carbonyl (C=O) groups is 4. The molecule has 2 N–H and O–H groups in total. The van der Waals surface area contributed by atoms with Crippen LogP contribution in [0.3, 0.4) is 0 Å². The fraction of sp³-hybridized carbons (Fsp3) is 0.391. The van der Waals surface area contributed by atoms with Crippen LogP contribution in [-0.2, 0) is 14.3 Å². The molecule has 8 nitrogen and oxygen atoms in total. The molecule has 2 fully saturated rings. The van der Waals surface area contributed by atoms with E-state index in [9.17, 15) is 19.2 Å². The molecule has 168 valence electrons. The smallest absolute Gasteiger partial charge is 0.341 e. The first kappa shape index (κ1) is 22.0. The van der Waals surface area contributed by atoms with Gasteiger partial charge in [-0.15, -0.1) is 11.3 Å². The summed E-state index contributed by atoms with van der Waals surface area (Å²) < 4.78 is 5.24. The highest BCUT2D eigenvalue weighted by Crippen LogP contribution is 2.43. The van der Waals surface area contributed by atoms with Crippen molar-refractivity contribution in [3.63, 3.8) is 0 Å². The number of nitrogens with one attached hydrogen (secondary N) is 2. The van der Waals surface area contributed by atoms with E-state index in [1.54, 1.807) is 13.8 Å². The first-order valence-electron chi connectivity index (χ1n) is 10.6. The Hall–Kier alpha value is -3.20. The van der Waals surface area contributed by atoms with Gasteiger partial charge in [0, 0.05) is 10.4 Å². The predicted octanol–water partition coefficient (Wildman–Crippen LogP) is 3.56. The first-order valence-corrected chi connectivity index (χ1v) is 11.4. The lowest BCUT2D eigenvalue weighted by atomic mass is 9.96. The van der Waals surface area contributed by atoms with Crippen LogP contribution in [0.15, 0.2) is 30.3 Å². The van der Waals surface area contributed by atoms with E-state index < -0.39 is 35.9 Å². The van der Waals surface area contributed by atoms with Gasteiger partial charge in [0.2, 0.25) is 5.91 Å². The summed E-state index contributed by atoms with van der Waals surface area (Å²) in [5.41, 5.74) is 0.849. The number of anilines is 1. The summed E-state index contributed by atoms with van der Waals surface area (Å²) in [6, 6.07) is 8.82. The lowest BCUT2D eigenvalue weighted by Crippen LogP contribution is -2.46. The largest absolute Gasteiger partial charge is 0.462 e. The van der Waals surface area contributed by atoms with Crippen molar-refractivity contribution in [2.75, 3.05) is 18.5 Å². The molecular weight excluding hydrogens is 430 g/mol. The Bertz CT molecular complexity index is 1090. The second-order valence-electron chi connectivity index (χ2n) is 8.17. The van der Waals surface area contributed by atoms with E-state index in [2.05, 4.69) is 10.6 Å². The summed E-state index contributed by atoms with van der Waals surface area (Å²) in [5, 5.41) is 5.79. The fourth-order valence-electron chi connectivity index (χ4n) is 4.09. The number of rotatable bonds is 7. The average molecular weight is 456 g/mol. The van der Waals surface area contributed by atoms with Crippen LogP contribution in [0, 0.1) is 12.8 Å². The summed E-state index contributed by atoms with van der Waals surface area (Å²) >= 11 is 1.26. The molecule has 1 aromatic carbocycles. The SMILES string of the molecule is CCOC(=O)c1c(NC(=O)CN2C(=O)N[C@@](C)(C3CC3)C2=O)sc(C)c1-c1ccccc1. The van der Waals surface area contributed by atoms with E-state index in [1.807, 2.05) is 37.3 Å². The molecule has 4 rings (SSSR count). The van der Waals surface area contributed by atoms with Crippen LogP contribution in [0.1, 0.15) is 41.9 Å². The number of hydrogen-bond acceptors (Lipinski definition) is 6. The van der Waals surface area contributed by atoms with Gasteiger partial charge >= 0.3 is 12.0 Å². The normalized spacial score (nSPS) is 20.3.